The molecule has 98 valence electrons. The van der Waals surface area contributed by atoms with Crippen LogP contribution in [-0.2, 0) is 4.79 Å². The summed E-state index contributed by atoms with van der Waals surface area (Å²) in [5, 5.41) is 3.97. The molecular formula is C13H17ClN2OS. The van der Waals surface area contributed by atoms with Gasteiger partial charge in [0, 0.05) is 16.8 Å². The highest BCUT2D eigenvalue weighted by Gasteiger charge is 2.34. The third kappa shape index (κ3) is 2.82. The summed E-state index contributed by atoms with van der Waals surface area (Å²) in [7, 11) is 0. The molecule has 1 aromatic rings. The van der Waals surface area contributed by atoms with Crippen molar-refractivity contribution in [3.05, 3.63) is 34.9 Å². The summed E-state index contributed by atoms with van der Waals surface area (Å²) in [6.45, 7) is 2.50. The SMILES string of the molecule is CSCC(C)N1C(=O)CNC1c1ccc(Cl)cc1. The molecule has 2 atom stereocenters. The highest BCUT2D eigenvalue weighted by Crippen LogP contribution is 2.26. The number of nitrogens with zero attached hydrogens (tertiary/aromatic N) is 1. The Balaban J connectivity index is 2.20. The van der Waals surface area contributed by atoms with Gasteiger partial charge in [-0.3, -0.25) is 10.1 Å². The molecule has 3 nitrogen and oxygen atoms in total. The Hall–Kier alpha value is -0.710. The van der Waals surface area contributed by atoms with Crippen LogP contribution in [0.3, 0.4) is 0 Å². The van der Waals surface area contributed by atoms with E-state index in [9.17, 15) is 4.79 Å². The number of thioether (sulfide) groups is 1. The van der Waals surface area contributed by atoms with E-state index in [1.165, 1.54) is 0 Å². The lowest BCUT2D eigenvalue weighted by Crippen LogP contribution is -2.39. The van der Waals surface area contributed by atoms with E-state index in [1.807, 2.05) is 29.2 Å². The molecule has 1 aliphatic rings. The highest BCUT2D eigenvalue weighted by molar-refractivity contribution is 7.98. The van der Waals surface area contributed by atoms with E-state index < -0.39 is 0 Å². The lowest BCUT2D eigenvalue weighted by Gasteiger charge is -2.30. The van der Waals surface area contributed by atoms with Crippen LogP contribution in [0.15, 0.2) is 24.3 Å². The zero-order chi connectivity index (χ0) is 13.1. The van der Waals surface area contributed by atoms with Crippen molar-refractivity contribution in [3.8, 4) is 0 Å². The first kappa shape index (κ1) is 13.7. The van der Waals surface area contributed by atoms with Gasteiger partial charge in [0.2, 0.25) is 5.91 Å². The molecule has 1 aromatic carbocycles. The molecule has 0 spiro atoms. The van der Waals surface area contributed by atoms with Crippen molar-refractivity contribution >= 4 is 29.3 Å². The topological polar surface area (TPSA) is 32.3 Å². The molecule has 18 heavy (non-hydrogen) atoms. The second-order valence-electron chi connectivity index (χ2n) is 4.44. The summed E-state index contributed by atoms with van der Waals surface area (Å²) in [6, 6.07) is 7.88. The van der Waals surface area contributed by atoms with E-state index in [2.05, 4.69) is 18.5 Å². The van der Waals surface area contributed by atoms with Gasteiger partial charge in [0.1, 0.15) is 6.17 Å². The molecule has 1 saturated heterocycles. The van der Waals surface area contributed by atoms with E-state index in [0.717, 1.165) is 11.3 Å². The van der Waals surface area contributed by atoms with Crippen LogP contribution in [0, 0.1) is 0 Å². The summed E-state index contributed by atoms with van der Waals surface area (Å²) in [6.07, 6.45) is 2.03. The van der Waals surface area contributed by atoms with Crippen LogP contribution in [-0.4, -0.2) is 35.4 Å². The predicted octanol–water partition coefficient (Wildman–Crippen LogP) is 2.52. The maximum Gasteiger partial charge on any atom is 0.238 e. The number of benzene rings is 1. The zero-order valence-corrected chi connectivity index (χ0v) is 12.1. The Morgan fingerprint density at radius 2 is 2.17 bits per heavy atom. The third-order valence-electron chi connectivity index (χ3n) is 3.08. The molecule has 0 saturated carbocycles. The predicted molar refractivity (Wildman–Crippen MR) is 76.9 cm³/mol. The van der Waals surface area contributed by atoms with Gasteiger partial charge in [-0.15, -0.1) is 0 Å². The van der Waals surface area contributed by atoms with Gasteiger partial charge in [0.15, 0.2) is 0 Å². The molecule has 2 rings (SSSR count). The average Bonchev–Trinajstić information content (AvgIpc) is 2.72. The monoisotopic (exact) mass is 284 g/mol. The first-order valence-electron chi connectivity index (χ1n) is 5.92. The number of hydrogen-bond donors (Lipinski definition) is 1. The Morgan fingerprint density at radius 3 is 2.78 bits per heavy atom. The van der Waals surface area contributed by atoms with Gasteiger partial charge in [-0.25, -0.2) is 0 Å². The molecule has 1 N–H and O–H groups in total. The van der Waals surface area contributed by atoms with Crippen molar-refractivity contribution in [1.82, 2.24) is 10.2 Å². The van der Waals surface area contributed by atoms with Crippen molar-refractivity contribution in [2.24, 2.45) is 0 Å². The minimum atomic E-state index is -0.0306. The van der Waals surface area contributed by atoms with Gasteiger partial charge < -0.3 is 4.90 Å². The molecule has 2 unspecified atom stereocenters. The summed E-state index contributed by atoms with van der Waals surface area (Å²) < 4.78 is 0. The van der Waals surface area contributed by atoms with Gasteiger partial charge in [0.05, 0.1) is 6.54 Å². The van der Waals surface area contributed by atoms with E-state index in [-0.39, 0.29) is 18.1 Å². The Morgan fingerprint density at radius 1 is 1.50 bits per heavy atom. The van der Waals surface area contributed by atoms with Crippen molar-refractivity contribution < 1.29 is 4.79 Å². The van der Waals surface area contributed by atoms with E-state index >= 15 is 0 Å². The van der Waals surface area contributed by atoms with Crippen LogP contribution in [0.5, 0.6) is 0 Å². The minimum Gasteiger partial charge on any atom is -0.318 e. The van der Waals surface area contributed by atoms with Crippen molar-refractivity contribution in [2.75, 3.05) is 18.6 Å². The Kier molecular flexibility index (Phi) is 4.54. The number of carbonyl (C=O) groups excluding carboxylic acids is 1. The Bertz CT molecular complexity index is 424. The smallest absolute Gasteiger partial charge is 0.238 e. The quantitative estimate of drug-likeness (QED) is 0.922. The zero-order valence-electron chi connectivity index (χ0n) is 10.5. The van der Waals surface area contributed by atoms with Gasteiger partial charge in [0.25, 0.3) is 0 Å². The largest absolute Gasteiger partial charge is 0.318 e. The maximum atomic E-state index is 12.0. The fourth-order valence-corrected chi connectivity index (χ4v) is 3.03. The summed E-state index contributed by atoms with van der Waals surface area (Å²) in [4.78, 5) is 13.9. The molecule has 0 bridgehead atoms. The molecule has 1 fully saturated rings. The second kappa shape index (κ2) is 5.95. The number of amides is 1. The molecule has 1 amide bonds. The van der Waals surface area contributed by atoms with Crippen molar-refractivity contribution in [3.63, 3.8) is 0 Å². The first-order valence-corrected chi connectivity index (χ1v) is 7.69. The molecule has 5 heteroatoms. The second-order valence-corrected chi connectivity index (χ2v) is 5.79. The van der Waals surface area contributed by atoms with E-state index in [4.69, 9.17) is 11.6 Å². The fourth-order valence-electron chi connectivity index (χ4n) is 2.26. The molecule has 0 aromatic heterocycles. The highest BCUT2D eigenvalue weighted by atomic mass is 35.5. The van der Waals surface area contributed by atoms with Gasteiger partial charge in [-0.2, -0.15) is 11.8 Å². The number of rotatable bonds is 4. The van der Waals surface area contributed by atoms with Gasteiger partial charge in [-0.1, -0.05) is 23.7 Å². The van der Waals surface area contributed by atoms with Crippen molar-refractivity contribution in [1.29, 1.82) is 0 Å². The first-order chi connectivity index (χ1) is 8.63. The number of hydrogen-bond acceptors (Lipinski definition) is 3. The molecule has 0 radical (unpaired) electrons. The minimum absolute atomic E-state index is 0.0306. The Labute approximate surface area is 117 Å². The molecule has 0 aliphatic carbocycles. The van der Waals surface area contributed by atoms with Crippen LogP contribution in [0.4, 0.5) is 0 Å². The average molecular weight is 285 g/mol. The fraction of sp³-hybridized carbons (Fsp3) is 0.462. The maximum absolute atomic E-state index is 12.0. The summed E-state index contributed by atoms with van der Waals surface area (Å²) >= 11 is 7.65. The van der Waals surface area contributed by atoms with Crippen LogP contribution < -0.4 is 5.32 Å². The number of carbonyl (C=O) groups is 1. The third-order valence-corrected chi connectivity index (χ3v) is 4.15. The molecule has 1 heterocycles. The number of halogens is 1. The van der Waals surface area contributed by atoms with Crippen LogP contribution in [0.2, 0.25) is 5.02 Å². The lowest BCUT2D eigenvalue weighted by atomic mass is 10.1. The number of nitrogens with one attached hydrogen (secondary N) is 1. The molecule has 1 aliphatic heterocycles. The lowest BCUT2D eigenvalue weighted by molar-refractivity contribution is -0.129. The van der Waals surface area contributed by atoms with Crippen LogP contribution >= 0.6 is 23.4 Å². The van der Waals surface area contributed by atoms with Gasteiger partial charge >= 0.3 is 0 Å². The van der Waals surface area contributed by atoms with E-state index in [0.29, 0.717) is 11.6 Å². The normalized spacial score (nSPS) is 21.4. The van der Waals surface area contributed by atoms with Crippen LogP contribution in [0.25, 0.3) is 0 Å². The van der Waals surface area contributed by atoms with Crippen molar-refractivity contribution in [2.45, 2.75) is 19.1 Å². The van der Waals surface area contributed by atoms with Gasteiger partial charge in [-0.05, 0) is 30.9 Å². The summed E-state index contributed by atoms with van der Waals surface area (Å²) in [5.74, 6) is 1.11. The summed E-state index contributed by atoms with van der Waals surface area (Å²) in [5.41, 5.74) is 1.08. The van der Waals surface area contributed by atoms with E-state index in [1.54, 1.807) is 11.8 Å². The molecular weight excluding hydrogens is 268 g/mol. The van der Waals surface area contributed by atoms with Crippen LogP contribution in [0.1, 0.15) is 18.7 Å². The standard InChI is InChI=1S/C13H17ClN2OS/c1-9(8-18-2)16-12(17)7-15-13(16)10-3-5-11(14)6-4-10/h3-6,9,13,15H,7-8H2,1-2H3.